The minimum absolute atomic E-state index is 0.00281. The molecule has 0 radical (unpaired) electrons. The second kappa shape index (κ2) is 4.88. The van der Waals surface area contributed by atoms with Crippen LogP contribution in [0.5, 0.6) is 11.5 Å². The van der Waals surface area contributed by atoms with Gasteiger partial charge in [-0.3, -0.25) is 0 Å². The lowest BCUT2D eigenvalue weighted by atomic mass is 10.2. The van der Waals surface area contributed by atoms with E-state index in [-0.39, 0.29) is 16.5 Å². The van der Waals surface area contributed by atoms with Crippen molar-refractivity contribution in [3.05, 3.63) is 22.7 Å². The van der Waals surface area contributed by atoms with Crippen molar-refractivity contribution in [1.82, 2.24) is 0 Å². The summed E-state index contributed by atoms with van der Waals surface area (Å²) in [7, 11) is 0. The quantitative estimate of drug-likeness (QED) is 0.615. The predicted molar refractivity (Wildman–Crippen MR) is 50.9 cm³/mol. The number of benzene rings is 1. The highest BCUT2D eigenvalue weighted by molar-refractivity contribution is 6.32. The molecular weight excluding hydrogens is 176 g/mol. The van der Waals surface area contributed by atoms with Gasteiger partial charge in [-0.25, -0.2) is 0 Å². The number of aromatic hydroxyl groups is 2. The number of phenols is 2. The van der Waals surface area contributed by atoms with E-state index >= 15 is 0 Å². The molecule has 0 saturated carbocycles. The maximum Gasteiger partial charge on any atom is 0.134 e. The van der Waals surface area contributed by atoms with Crippen LogP contribution in [0.4, 0.5) is 0 Å². The molecule has 2 nitrogen and oxygen atoms in total. The molecule has 0 unspecified atom stereocenters. The second-order valence-corrected chi connectivity index (χ2v) is 2.50. The minimum atomic E-state index is -0.00281. The monoisotopic (exact) mass is 188 g/mol. The van der Waals surface area contributed by atoms with Gasteiger partial charge in [0.15, 0.2) is 0 Å². The number of phenolic OH excluding ortho intramolecular Hbond substituents is 2. The highest BCUT2D eigenvalue weighted by Gasteiger charge is 2.01. The molecule has 0 aliphatic rings. The van der Waals surface area contributed by atoms with Gasteiger partial charge in [0.25, 0.3) is 0 Å². The van der Waals surface area contributed by atoms with Crippen LogP contribution in [0.25, 0.3) is 0 Å². The molecule has 12 heavy (non-hydrogen) atoms. The molecule has 0 heterocycles. The van der Waals surface area contributed by atoms with E-state index in [4.69, 9.17) is 21.8 Å². The number of hydrogen-bond acceptors (Lipinski definition) is 2. The Labute approximate surface area is 77.4 Å². The van der Waals surface area contributed by atoms with E-state index < -0.39 is 0 Å². The Morgan fingerprint density at radius 3 is 2.00 bits per heavy atom. The lowest BCUT2D eigenvalue weighted by Crippen LogP contribution is -1.74. The van der Waals surface area contributed by atoms with Crippen molar-refractivity contribution < 1.29 is 10.2 Å². The van der Waals surface area contributed by atoms with E-state index in [1.807, 2.05) is 13.8 Å². The van der Waals surface area contributed by atoms with Crippen LogP contribution < -0.4 is 0 Å². The molecule has 2 N–H and O–H groups in total. The van der Waals surface area contributed by atoms with Crippen LogP contribution in [0, 0.1) is 6.92 Å². The molecule has 1 aromatic rings. The summed E-state index contributed by atoms with van der Waals surface area (Å²) in [6.07, 6.45) is 0. The van der Waals surface area contributed by atoms with Crippen LogP contribution >= 0.6 is 11.6 Å². The van der Waals surface area contributed by atoms with E-state index in [9.17, 15) is 0 Å². The van der Waals surface area contributed by atoms with Gasteiger partial charge in [0, 0.05) is 6.07 Å². The number of aryl methyl sites for hydroxylation is 1. The van der Waals surface area contributed by atoms with E-state index in [0.717, 1.165) is 0 Å². The Balaban J connectivity index is 0.000000561. The van der Waals surface area contributed by atoms with Crippen molar-refractivity contribution in [3.63, 3.8) is 0 Å². The molecule has 0 saturated heterocycles. The first-order valence-corrected chi connectivity index (χ1v) is 4.17. The molecule has 0 fully saturated rings. The Kier molecular flexibility index (Phi) is 4.52. The molecule has 1 aromatic carbocycles. The Morgan fingerprint density at radius 2 is 1.58 bits per heavy atom. The third-order valence-electron chi connectivity index (χ3n) is 1.27. The molecule has 3 heteroatoms. The predicted octanol–water partition coefficient (Wildman–Crippen LogP) is 3.09. The fourth-order valence-electron chi connectivity index (χ4n) is 0.656. The van der Waals surface area contributed by atoms with Crippen LogP contribution in [0.15, 0.2) is 12.1 Å². The average molecular weight is 189 g/mol. The summed E-state index contributed by atoms with van der Waals surface area (Å²) in [6, 6.07) is 2.73. The maximum atomic E-state index is 9.03. The first-order chi connectivity index (χ1) is 5.61. The number of rotatable bonds is 0. The summed E-state index contributed by atoms with van der Waals surface area (Å²) in [5, 5.41) is 18.2. The van der Waals surface area contributed by atoms with Gasteiger partial charge in [-0.05, 0) is 18.6 Å². The normalized spacial score (nSPS) is 8.67. The van der Waals surface area contributed by atoms with E-state index in [1.54, 1.807) is 6.92 Å². The number of hydrogen-bond donors (Lipinski definition) is 2. The second-order valence-electron chi connectivity index (χ2n) is 2.09. The minimum Gasteiger partial charge on any atom is -0.508 e. The van der Waals surface area contributed by atoms with Crippen molar-refractivity contribution in [3.8, 4) is 11.5 Å². The van der Waals surface area contributed by atoms with Crippen molar-refractivity contribution in [1.29, 1.82) is 0 Å². The van der Waals surface area contributed by atoms with Gasteiger partial charge in [0.1, 0.15) is 11.5 Å². The summed E-state index contributed by atoms with van der Waals surface area (Å²) in [6.45, 7) is 5.69. The summed E-state index contributed by atoms with van der Waals surface area (Å²) in [5.41, 5.74) is 0.613. The summed E-state index contributed by atoms with van der Waals surface area (Å²) in [4.78, 5) is 0. The lowest BCUT2D eigenvalue weighted by Gasteiger charge is -2.00. The topological polar surface area (TPSA) is 40.5 Å². The van der Waals surface area contributed by atoms with Gasteiger partial charge < -0.3 is 10.2 Å². The molecule has 68 valence electrons. The van der Waals surface area contributed by atoms with Crippen molar-refractivity contribution in [2.24, 2.45) is 0 Å². The van der Waals surface area contributed by atoms with Gasteiger partial charge in [0.2, 0.25) is 0 Å². The van der Waals surface area contributed by atoms with Gasteiger partial charge in [-0.1, -0.05) is 25.4 Å². The molecular formula is C9H13ClO2. The average Bonchev–Trinajstić information content (AvgIpc) is 2.05. The zero-order valence-electron chi connectivity index (χ0n) is 7.43. The van der Waals surface area contributed by atoms with E-state index in [0.29, 0.717) is 5.56 Å². The molecule has 0 aromatic heterocycles. The Morgan fingerprint density at radius 1 is 1.08 bits per heavy atom. The molecule has 0 spiro atoms. The largest absolute Gasteiger partial charge is 0.508 e. The third kappa shape index (κ3) is 2.62. The first kappa shape index (κ1) is 11.1. The standard InChI is InChI=1S/C7H7ClO2.C2H6/c1-4-2-7(10)5(8)3-6(4)9;1-2/h2-3,9-10H,1H3;1-2H3. The maximum absolute atomic E-state index is 9.03. The molecule has 0 aliphatic heterocycles. The van der Waals surface area contributed by atoms with Crippen LogP contribution in [0.2, 0.25) is 5.02 Å². The Bertz CT molecular complexity index is 209. The van der Waals surface area contributed by atoms with E-state index in [1.165, 1.54) is 12.1 Å². The third-order valence-corrected chi connectivity index (χ3v) is 1.57. The van der Waals surface area contributed by atoms with E-state index in [2.05, 4.69) is 0 Å². The van der Waals surface area contributed by atoms with Gasteiger partial charge >= 0.3 is 0 Å². The summed E-state index contributed by atoms with van der Waals surface area (Å²) < 4.78 is 0. The van der Waals surface area contributed by atoms with Crippen LogP contribution in [0.3, 0.4) is 0 Å². The molecule has 0 amide bonds. The molecule has 0 atom stereocenters. The highest BCUT2D eigenvalue weighted by atomic mass is 35.5. The molecule has 0 bridgehead atoms. The smallest absolute Gasteiger partial charge is 0.134 e. The SMILES string of the molecule is CC.Cc1cc(O)c(Cl)cc1O. The van der Waals surface area contributed by atoms with Gasteiger partial charge in [0.05, 0.1) is 5.02 Å². The van der Waals surface area contributed by atoms with Crippen molar-refractivity contribution in [2.75, 3.05) is 0 Å². The van der Waals surface area contributed by atoms with Crippen LogP contribution in [-0.4, -0.2) is 10.2 Å². The van der Waals surface area contributed by atoms with Crippen LogP contribution in [-0.2, 0) is 0 Å². The highest BCUT2D eigenvalue weighted by Crippen LogP contribution is 2.29. The number of halogens is 1. The van der Waals surface area contributed by atoms with Gasteiger partial charge in [-0.15, -0.1) is 0 Å². The van der Waals surface area contributed by atoms with Crippen LogP contribution in [0.1, 0.15) is 19.4 Å². The summed E-state index contributed by atoms with van der Waals surface area (Å²) in [5.74, 6) is 0.0970. The zero-order chi connectivity index (χ0) is 9.72. The summed E-state index contributed by atoms with van der Waals surface area (Å²) >= 11 is 5.48. The Hall–Kier alpha value is -0.890. The van der Waals surface area contributed by atoms with Crippen molar-refractivity contribution >= 4 is 11.6 Å². The fraction of sp³-hybridized carbons (Fsp3) is 0.333. The molecule has 0 aliphatic carbocycles. The fourth-order valence-corrected chi connectivity index (χ4v) is 0.814. The molecule has 1 rings (SSSR count). The van der Waals surface area contributed by atoms with Crippen molar-refractivity contribution in [2.45, 2.75) is 20.8 Å². The zero-order valence-corrected chi connectivity index (χ0v) is 8.18. The van der Waals surface area contributed by atoms with Gasteiger partial charge in [-0.2, -0.15) is 0 Å². The lowest BCUT2D eigenvalue weighted by molar-refractivity contribution is 0.457. The first-order valence-electron chi connectivity index (χ1n) is 3.79.